The molecule has 1 N–H and O–H groups in total. The zero-order valence-electron chi connectivity index (χ0n) is 13.3. The molecule has 5 nitrogen and oxygen atoms in total. The van der Waals surface area contributed by atoms with Gasteiger partial charge in [-0.05, 0) is 62.3 Å². The van der Waals surface area contributed by atoms with E-state index >= 15 is 0 Å². The Labute approximate surface area is 135 Å². The number of nitro benzene ring substituents is 1. The van der Waals surface area contributed by atoms with Crippen molar-refractivity contribution in [2.75, 3.05) is 0 Å². The summed E-state index contributed by atoms with van der Waals surface area (Å²) in [5.74, 6) is 2.93. The number of hydrogen-bond donors (Lipinski definition) is 1. The number of nitro groups is 1. The van der Waals surface area contributed by atoms with Gasteiger partial charge in [-0.2, -0.15) is 0 Å². The van der Waals surface area contributed by atoms with Crippen LogP contribution in [0.25, 0.3) is 0 Å². The Balaban J connectivity index is 1.49. The smallest absolute Gasteiger partial charge is 0.273 e. The molecule has 5 unspecified atom stereocenters. The highest BCUT2D eigenvalue weighted by Gasteiger charge is 2.54. The van der Waals surface area contributed by atoms with Crippen molar-refractivity contribution in [3.8, 4) is 0 Å². The van der Waals surface area contributed by atoms with Gasteiger partial charge in [-0.15, -0.1) is 0 Å². The SMILES string of the molecule is Cc1ccc(C(=O)NC2CC3CC2C2CCCC32)cc1[N+](=O)[O-]. The van der Waals surface area contributed by atoms with Crippen molar-refractivity contribution in [2.45, 2.75) is 45.1 Å². The van der Waals surface area contributed by atoms with Gasteiger partial charge in [0.15, 0.2) is 0 Å². The van der Waals surface area contributed by atoms with E-state index in [1.807, 2.05) is 0 Å². The molecule has 0 aliphatic heterocycles. The summed E-state index contributed by atoms with van der Waals surface area (Å²) in [6, 6.07) is 4.99. The largest absolute Gasteiger partial charge is 0.349 e. The van der Waals surface area contributed by atoms with Crippen LogP contribution in [0.1, 0.15) is 48.0 Å². The first-order valence-electron chi connectivity index (χ1n) is 8.60. The zero-order chi connectivity index (χ0) is 16.1. The average molecular weight is 314 g/mol. The Morgan fingerprint density at radius 3 is 2.78 bits per heavy atom. The summed E-state index contributed by atoms with van der Waals surface area (Å²) in [5.41, 5.74) is 0.995. The van der Waals surface area contributed by atoms with Crippen molar-refractivity contribution in [3.05, 3.63) is 39.4 Å². The minimum absolute atomic E-state index is 0.0152. The number of hydrogen-bond acceptors (Lipinski definition) is 3. The number of carbonyl (C=O) groups excluding carboxylic acids is 1. The van der Waals surface area contributed by atoms with E-state index in [2.05, 4.69) is 5.32 Å². The lowest BCUT2D eigenvalue weighted by molar-refractivity contribution is -0.385. The number of benzene rings is 1. The van der Waals surface area contributed by atoms with E-state index in [9.17, 15) is 14.9 Å². The Morgan fingerprint density at radius 1 is 1.22 bits per heavy atom. The second-order valence-corrected chi connectivity index (χ2v) is 7.49. The van der Waals surface area contributed by atoms with Crippen molar-refractivity contribution in [3.63, 3.8) is 0 Å². The molecule has 0 saturated heterocycles. The maximum absolute atomic E-state index is 12.5. The number of nitrogens with one attached hydrogen (secondary N) is 1. The van der Waals surface area contributed by atoms with Crippen LogP contribution in [0.4, 0.5) is 5.69 Å². The molecule has 1 aromatic rings. The average Bonchev–Trinajstić information content (AvgIpc) is 3.19. The first kappa shape index (κ1) is 14.7. The molecule has 1 aromatic carbocycles. The molecule has 122 valence electrons. The molecule has 3 aliphatic rings. The fourth-order valence-electron chi connectivity index (χ4n) is 5.43. The summed E-state index contributed by atoms with van der Waals surface area (Å²) in [6.07, 6.45) is 6.37. The summed E-state index contributed by atoms with van der Waals surface area (Å²) in [5, 5.41) is 14.2. The predicted octanol–water partition coefficient (Wildman–Crippen LogP) is 3.46. The van der Waals surface area contributed by atoms with Crippen LogP contribution < -0.4 is 5.32 Å². The van der Waals surface area contributed by atoms with Crippen molar-refractivity contribution in [1.29, 1.82) is 0 Å². The Kier molecular flexibility index (Phi) is 3.39. The van der Waals surface area contributed by atoms with E-state index in [-0.39, 0.29) is 17.6 Å². The van der Waals surface area contributed by atoms with E-state index in [0.717, 1.165) is 24.2 Å². The number of carbonyl (C=O) groups is 1. The van der Waals surface area contributed by atoms with Crippen LogP contribution in [0.3, 0.4) is 0 Å². The van der Waals surface area contributed by atoms with E-state index in [1.165, 1.54) is 31.7 Å². The molecule has 1 amide bonds. The van der Waals surface area contributed by atoms with E-state index < -0.39 is 4.92 Å². The topological polar surface area (TPSA) is 72.2 Å². The molecular formula is C18H22N2O3. The van der Waals surface area contributed by atoms with E-state index in [1.54, 1.807) is 19.1 Å². The third kappa shape index (κ3) is 2.33. The lowest BCUT2D eigenvalue weighted by atomic mass is 9.79. The molecule has 3 aliphatic carbocycles. The molecule has 3 saturated carbocycles. The van der Waals surface area contributed by atoms with E-state index in [0.29, 0.717) is 17.0 Å². The second-order valence-electron chi connectivity index (χ2n) is 7.49. The minimum Gasteiger partial charge on any atom is -0.349 e. The number of rotatable bonds is 3. The molecule has 23 heavy (non-hydrogen) atoms. The molecule has 0 radical (unpaired) electrons. The van der Waals surface area contributed by atoms with Gasteiger partial charge in [0.05, 0.1) is 4.92 Å². The van der Waals surface area contributed by atoms with Gasteiger partial charge >= 0.3 is 0 Å². The Hall–Kier alpha value is -1.91. The van der Waals surface area contributed by atoms with Gasteiger partial charge in [-0.25, -0.2) is 0 Å². The van der Waals surface area contributed by atoms with Gasteiger partial charge in [0, 0.05) is 23.2 Å². The quantitative estimate of drug-likeness (QED) is 0.686. The van der Waals surface area contributed by atoms with Crippen LogP contribution in [0.15, 0.2) is 18.2 Å². The fourth-order valence-corrected chi connectivity index (χ4v) is 5.43. The van der Waals surface area contributed by atoms with Gasteiger partial charge in [-0.3, -0.25) is 14.9 Å². The van der Waals surface area contributed by atoms with Crippen LogP contribution in [0, 0.1) is 40.7 Å². The van der Waals surface area contributed by atoms with Gasteiger partial charge in [0.1, 0.15) is 0 Å². The first-order chi connectivity index (χ1) is 11.0. The summed E-state index contributed by atoms with van der Waals surface area (Å²) < 4.78 is 0. The first-order valence-corrected chi connectivity index (χ1v) is 8.60. The highest BCUT2D eigenvalue weighted by Crippen LogP contribution is 2.58. The van der Waals surface area contributed by atoms with Crippen molar-refractivity contribution >= 4 is 11.6 Å². The highest BCUT2D eigenvalue weighted by atomic mass is 16.6. The third-order valence-electron chi connectivity index (χ3n) is 6.41. The molecule has 0 heterocycles. The molecule has 2 bridgehead atoms. The van der Waals surface area contributed by atoms with Gasteiger partial charge in [-0.1, -0.05) is 12.5 Å². The molecule has 5 heteroatoms. The maximum atomic E-state index is 12.5. The monoisotopic (exact) mass is 314 g/mol. The van der Waals surface area contributed by atoms with Crippen LogP contribution in [0.2, 0.25) is 0 Å². The summed E-state index contributed by atoms with van der Waals surface area (Å²) in [4.78, 5) is 23.1. The summed E-state index contributed by atoms with van der Waals surface area (Å²) in [7, 11) is 0. The number of fused-ring (bicyclic) bond motifs is 5. The molecule has 0 aromatic heterocycles. The molecular weight excluding hydrogens is 292 g/mol. The lowest BCUT2D eigenvalue weighted by Gasteiger charge is -2.32. The normalized spacial score (nSPS) is 34.4. The standard InChI is InChI=1S/C18H22N2O3/c1-10-5-6-11(9-17(10)20(22)23)18(21)19-16-8-12-7-15(16)14-4-2-3-13(12)14/h5-6,9,12-16H,2-4,7-8H2,1H3,(H,19,21). The van der Waals surface area contributed by atoms with Crippen molar-refractivity contribution in [1.82, 2.24) is 5.32 Å². The molecule has 3 fully saturated rings. The number of nitrogens with zero attached hydrogens (tertiary/aromatic N) is 1. The number of amides is 1. The lowest BCUT2D eigenvalue weighted by Crippen LogP contribution is -2.42. The second kappa shape index (κ2) is 5.32. The molecule has 5 atom stereocenters. The van der Waals surface area contributed by atoms with Crippen LogP contribution in [0.5, 0.6) is 0 Å². The van der Waals surface area contributed by atoms with Gasteiger partial charge in [0.2, 0.25) is 0 Å². The van der Waals surface area contributed by atoms with Gasteiger partial charge < -0.3 is 5.32 Å². The van der Waals surface area contributed by atoms with Crippen LogP contribution in [-0.2, 0) is 0 Å². The van der Waals surface area contributed by atoms with Crippen LogP contribution >= 0.6 is 0 Å². The van der Waals surface area contributed by atoms with Crippen molar-refractivity contribution < 1.29 is 9.72 Å². The van der Waals surface area contributed by atoms with Crippen molar-refractivity contribution in [2.24, 2.45) is 23.7 Å². The minimum atomic E-state index is -0.424. The van der Waals surface area contributed by atoms with Gasteiger partial charge in [0.25, 0.3) is 11.6 Å². The maximum Gasteiger partial charge on any atom is 0.273 e. The third-order valence-corrected chi connectivity index (χ3v) is 6.41. The Bertz CT molecular complexity index is 672. The van der Waals surface area contributed by atoms with Crippen LogP contribution in [-0.4, -0.2) is 16.9 Å². The molecule has 0 spiro atoms. The number of aryl methyl sites for hydroxylation is 1. The summed E-state index contributed by atoms with van der Waals surface area (Å²) >= 11 is 0. The predicted molar refractivity (Wildman–Crippen MR) is 86.1 cm³/mol. The Morgan fingerprint density at radius 2 is 2.00 bits per heavy atom. The summed E-state index contributed by atoms with van der Waals surface area (Å²) in [6.45, 7) is 1.69. The fraction of sp³-hybridized carbons (Fsp3) is 0.611. The zero-order valence-corrected chi connectivity index (χ0v) is 13.3. The highest BCUT2D eigenvalue weighted by molar-refractivity contribution is 5.95. The molecule has 4 rings (SSSR count). The van der Waals surface area contributed by atoms with E-state index in [4.69, 9.17) is 0 Å².